The number of nitrogens with one attached hydrogen (secondary N) is 1. The van der Waals surface area contributed by atoms with Crippen molar-refractivity contribution in [3.05, 3.63) is 54.1 Å². The predicted molar refractivity (Wildman–Crippen MR) is 111 cm³/mol. The number of likely N-dealkylation sites (N-methyl/N-ethyl adjacent to an activating group) is 1. The van der Waals surface area contributed by atoms with E-state index in [2.05, 4.69) is 22.2 Å². The maximum Gasteiger partial charge on any atom is 0.255 e. The molecule has 0 aromatic heterocycles. The topological polar surface area (TPSA) is 73.0 Å². The van der Waals surface area contributed by atoms with E-state index in [0.29, 0.717) is 11.3 Å². The molecule has 1 saturated heterocycles. The summed E-state index contributed by atoms with van der Waals surface area (Å²) in [6.07, 6.45) is 0. The Morgan fingerprint density at radius 2 is 1.64 bits per heavy atom. The molecule has 0 bridgehead atoms. The second-order valence-electron chi connectivity index (χ2n) is 7.11. The van der Waals surface area contributed by atoms with Gasteiger partial charge in [-0.2, -0.15) is 0 Å². The van der Waals surface area contributed by atoms with Crippen LogP contribution in [0.3, 0.4) is 0 Å². The van der Waals surface area contributed by atoms with Crippen LogP contribution in [0.4, 0.5) is 11.4 Å². The summed E-state index contributed by atoms with van der Waals surface area (Å²) in [5.74, 6) is -0.344. The Morgan fingerprint density at radius 1 is 1.00 bits per heavy atom. The summed E-state index contributed by atoms with van der Waals surface area (Å²) < 4.78 is 25.6. The van der Waals surface area contributed by atoms with Crippen molar-refractivity contribution in [3.63, 3.8) is 0 Å². The lowest BCUT2D eigenvalue weighted by Gasteiger charge is -2.34. The van der Waals surface area contributed by atoms with Gasteiger partial charge in [0.05, 0.1) is 4.90 Å². The van der Waals surface area contributed by atoms with E-state index in [1.807, 2.05) is 24.3 Å². The molecule has 0 spiro atoms. The highest BCUT2D eigenvalue weighted by atomic mass is 32.2. The normalized spacial score (nSPS) is 15.6. The highest BCUT2D eigenvalue weighted by Gasteiger charge is 2.19. The van der Waals surface area contributed by atoms with Gasteiger partial charge in [-0.3, -0.25) is 4.79 Å². The molecule has 8 heteroatoms. The number of hydrogen-bond acceptors (Lipinski definition) is 5. The minimum absolute atomic E-state index is 0.0931. The fourth-order valence-electron chi connectivity index (χ4n) is 3.03. The van der Waals surface area contributed by atoms with Crippen LogP contribution < -0.4 is 10.2 Å². The van der Waals surface area contributed by atoms with E-state index in [0.717, 1.165) is 36.2 Å². The van der Waals surface area contributed by atoms with Crippen LogP contribution >= 0.6 is 0 Å². The number of anilines is 2. The minimum atomic E-state index is -3.58. The molecule has 2 aromatic rings. The van der Waals surface area contributed by atoms with Crippen LogP contribution in [0.15, 0.2) is 53.4 Å². The number of carbonyl (C=O) groups excluding carboxylic acids is 1. The third-order valence-electron chi connectivity index (χ3n) is 4.87. The summed E-state index contributed by atoms with van der Waals surface area (Å²) in [6, 6.07) is 13.8. The fraction of sp³-hybridized carbons (Fsp3) is 0.350. The molecular weight excluding hydrogens is 376 g/mol. The largest absolute Gasteiger partial charge is 0.369 e. The Hall–Kier alpha value is -2.42. The summed E-state index contributed by atoms with van der Waals surface area (Å²) >= 11 is 0. The van der Waals surface area contributed by atoms with Gasteiger partial charge in [-0.1, -0.05) is 6.07 Å². The molecule has 2 aromatic carbocycles. The molecule has 1 fully saturated rings. The summed E-state index contributed by atoms with van der Waals surface area (Å²) in [6.45, 7) is 4.03. The first-order chi connectivity index (χ1) is 13.3. The van der Waals surface area contributed by atoms with Crippen molar-refractivity contribution in [3.8, 4) is 0 Å². The third-order valence-corrected chi connectivity index (χ3v) is 6.68. The molecule has 3 rings (SSSR count). The molecule has 1 heterocycles. The Bertz CT molecular complexity index is 934. The van der Waals surface area contributed by atoms with Crippen molar-refractivity contribution < 1.29 is 13.2 Å². The van der Waals surface area contributed by atoms with Crippen LogP contribution in [-0.4, -0.2) is 70.9 Å². The molecule has 7 nitrogen and oxygen atoms in total. The molecule has 0 atom stereocenters. The first-order valence-corrected chi connectivity index (χ1v) is 10.6. The molecule has 0 saturated carbocycles. The van der Waals surface area contributed by atoms with Crippen molar-refractivity contribution >= 4 is 27.3 Å². The summed E-state index contributed by atoms with van der Waals surface area (Å²) in [5, 5.41) is 2.83. The molecule has 0 aliphatic carbocycles. The van der Waals surface area contributed by atoms with Gasteiger partial charge in [-0.05, 0) is 49.5 Å². The van der Waals surface area contributed by atoms with E-state index in [9.17, 15) is 13.2 Å². The quantitative estimate of drug-likeness (QED) is 0.828. The molecule has 1 amide bonds. The van der Waals surface area contributed by atoms with Gasteiger partial charge in [-0.25, -0.2) is 12.7 Å². The smallest absolute Gasteiger partial charge is 0.255 e. The number of rotatable bonds is 5. The van der Waals surface area contributed by atoms with Gasteiger partial charge >= 0.3 is 0 Å². The van der Waals surface area contributed by atoms with Gasteiger partial charge in [0, 0.05) is 57.2 Å². The highest BCUT2D eigenvalue weighted by Crippen LogP contribution is 2.20. The molecule has 1 aliphatic rings. The average Bonchev–Trinajstić information content (AvgIpc) is 2.69. The summed E-state index contributed by atoms with van der Waals surface area (Å²) in [4.78, 5) is 17.3. The zero-order valence-corrected chi connectivity index (χ0v) is 17.2. The van der Waals surface area contributed by atoms with Gasteiger partial charge in [0.1, 0.15) is 0 Å². The summed E-state index contributed by atoms with van der Waals surface area (Å²) in [7, 11) is 1.46. The number of sulfonamides is 1. The second kappa shape index (κ2) is 8.30. The minimum Gasteiger partial charge on any atom is -0.369 e. The van der Waals surface area contributed by atoms with E-state index >= 15 is 0 Å². The highest BCUT2D eigenvalue weighted by molar-refractivity contribution is 7.89. The Labute approximate surface area is 166 Å². The molecule has 0 unspecified atom stereocenters. The first-order valence-electron chi connectivity index (χ1n) is 9.15. The number of hydrogen-bond donors (Lipinski definition) is 1. The SMILES string of the molecule is CN1CCN(c2ccc(NC(=O)c3cccc(S(=O)(=O)N(C)C)c3)cc2)CC1. The van der Waals surface area contributed by atoms with Crippen molar-refractivity contribution in [2.75, 3.05) is 57.5 Å². The van der Waals surface area contributed by atoms with Crippen molar-refractivity contribution in [1.29, 1.82) is 0 Å². The van der Waals surface area contributed by atoms with Crippen molar-refractivity contribution in [1.82, 2.24) is 9.21 Å². The molecule has 150 valence electrons. The van der Waals surface area contributed by atoms with Crippen LogP contribution in [-0.2, 0) is 10.0 Å². The Kier molecular flexibility index (Phi) is 6.02. The van der Waals surface area contributed by atoms with Gasteiger partial charge in [0.25, 0.3) is 5.91 Å². The van der Waals surface area contributed by atoms with Crippen molar-refractivity contribution in [2.24, 2.45) is 0 Å². The number of nitrogens with zero attached hydrogens (tertiary/aromatic N) is 3. The van der Waals surface area contributed by atoms with E-state index < -0.39 is 10.0 Å². The van der Waals surface area contributed by atoms with Gasteiger partial charge in [-0.15, -0.1) is 0 Å². The lowest BCUT2D eigenvalue weighted by molar-refractivity contribution is 0.102. The zero-order valence-electron chi connectivity index (χ0n) is 16.4. The number of amides is 1. The average molecular weight is 403 g/mol. The lowest BCUT2D eigenvalue weighted by Crippen LogP contribution is -2.44. The number of piperazine rings is 1. The Balaban J connectivity index is 1.70. The van der Waals surface area contributed by atoms with Gasteiger partial charge in [0.15, 0.2) is 0 Å². The molecule has 1 aliphatic heterocycles. The second-order valence-corrected chi connectivity index (χ2v) is 9.26. The standard InChI is InChI=1S/C20H26N4O3S/c1-22(2)28(26,27)19-6-4-5-16(15-19)20(25)21-17-7-9-18(10-8-17)24-13-11-23(3)12-14-24/h4-10,15H,11-14H2,1-3H3,(H,21,25). The molecule has 1 N–H and O–H groups in total. The van der Waals surface area contributed by atoms with E-state index in [1.165, 1.54) is 26.2 Å². The van der Waals surface area contributed by atoms with E-state index in [-0.39, 0.29) is 10.8 Å². The Morgan fingerprint density at radius 3 is 2.25 bits per heavy atom. The molecule has 28 heavy (non-hydrogen) atoms. The van der Waals surface area contributed by atoms with Crippen molar-refractivity contribution in [2.45, 2.75) is 4.90 Å². The number of carbonyl (C=O) groups is 1. The third kappa shape index (κ3) is 4.52. The predicted octanol–water partition coefficient (Wildman–Crippen LogP) is 1.94. The van der Waals surface area contributed by atoms with E-state index in [4.69, 9.17) is 0 Å². The van der Waals surface area contributed by atoms with Crippen LogP contribution in [0.2, 0.25) is 0 Å². The van der Waals surface area contributed by atoms with Gasteiger partial charge < -0.3 is 15.1 Å². The van der Waals surface area contributed by atoms with Crippen LogP contribution in [0, 0.1) is 0 Å². The van der Waals surface area contributed by atoms with Crippen LogP contribution in [0.5, 0.6) is 0 Å². The maximum absolute atomic E-state index is 12.6. The lowest BCUT2D eigenvalue weighted by atomic mass is 10.2. The van der Waals surface area contributed by atoms with Gasteiger partial charge in [0.2, 0.25) is 10.0 Å². The maximum atomic E-state index is 12.6. The monoisotopic (exact) mass is 402 g/mol. The molecule has 0 radical (unpaired) electrons. The van der Waals surface area contributed by atoms with Crippen LogP contribution in [0.1, 0.15) is 10.4 Å². The zero-order chi connectivity index (χ0) is 20.3. The fourth-order valence-corrected chi connectivity index (χ4v) is 3.98. The van der Waals surface area contributed by atoms with E-state index in [1.54, 1.807) is 12.1 Å². The summed E-state index contributed by atoms with van der Waals surface area (Å²) in [5.41, 5.74) is 2.10. The van der Waals surface area contributed by atoms with Crippen LogP contribution in [0.25, 0.3) is 0 Å². The first kappa shape index (κ1) is 20.3. The molecular formula is C20H26N4O3S. The number of benzene rings is 2.